The predicted molar refractivity (Wildman–Crippen MR) is 190 cm³/mol. The summed E-state index contributed by atoms with van der Waals surface area (Å²) < 4.78 is 9.03. The maximum absolute atomic E-state index is 6.62. The highest BCUT2D eigenvalue weighted by Crippen LogP contribution is 2.42. The molecule has 4 nitrogen and oxygen atoms in total. The lowest BCUT2D eigenvalue weighted by molar-refractivity contribution is 0.669. The van der Waals surface area contributed by atoms with Gasteiger partial charge in [-0.1, -0.05) is 109 Å². The minimum absolute atomic E-state index is 0.698. The van der Waals surface area contributed by atoms with Gasteiger partial charge < -0.3 is 8.98 Å². The second-order valence-electron chi connectivity index (χ2n) is 11.8. The number of benzene rings is 7. The van der Waals surface area contributed by atoms with Crippen LogP contribution in [-0.4, -0.2) is 14.5 Å². The Balaban J connectivity index is 1.36. The van der Waals surface area contributed by atoms with Crippen molar-refractivity contribution in [2.75, 3.05) is 0 Å². The van der Waals surface area contributed by atoms with E-state index < -0.39 is 0 Å². The van der Waals surface area contributed by atoms with E-state index in [0.29, 0.717) is 5.82 Å². The Bertz CT molecular complexity index is 2810. The van der Waals surface area contributed by atoms with Crippen LogP contribution in [0, 0.1) is 0 Å². The van der Waals surface area contributed by atoms with Gasteiger partial charge in [0.1, 0.15) is 11.2 Å². The van der Waals surface area contributed by atoms with Crippen molar-refractivity contribution < 1.29 is 4.42 Å². The fraction of sp³-hybridized carbons (Fsp3) is 0. The molecule has 10 aromatic rings. The number of fused-ring (bicyclic) bond motifs is 8. The van der Waals surface area contributed by atoms with Crippen LogP contribution in [0.3, 0.4) is 0 Å². The van der Waals surface area contributed by atoms with E-state index in [4.69, 9.17) is 14.4 Å². The first-order valence-electron chi connectivity index (χ1n) is 15.5. The lowest BCUT2D eigenvalue weighted by Gasteiger charge is -2.14. The first-order chi connectivity index (χ1) is 22.8. The molecule has 3 heterocycles. The predicted octanol–water partition coefficient (Wildman–Crippen LogP) is 11.1. The lowest BCUT2D eigenvalue weighted by atomic mass is 10.0. The molecule has 0 atom stereocenters. The van der Waals surface area contributed by atoms with Gasteiger partial charge in [-0.25, -0.2) is 9.97 Å². The first kappa shape index (κ1) is 25.1. The molecule has 4 heteroatoms. The second kappa shape index (κ2) is 9.62. The maximum atomic E-state index is 6.62. The first-order valence-corrected chi connectivity index (χ1v) is 15.5. The number of aromatic nitrogens is 3. The average molecular weight is 588 g/mol. The largest absolute Gasteiger partial charge is 0.456 e. The molecule has 0 N–H and O–H groups in total. The van der Waals surface area contributed by atoms with Crippen molar-refractivity contribution in [1.82, 2.24) is 14.5 Å². The zero-order chi connectivity index (χ0) is 30.2. The van der Waals surface area contributed by atoms with Gasteiger partial charge in [-0.15, -0.1) is 0 Å². The third-order valence-corrected chi connectivity index (χ3v) is 9.15. The van der Waals surface area contributed by atoms with Gasteiger partial charge in [-0.3, -0.25) is 0 Å². The van der Waals surface area contributed by atoms with Crippen LogP contribution >= 0.6 is 0 Å². The summed E-state index contributed by atoms with van der Waals surface area (Å²) in [6.45, 7) is 0. The number of rotatable bonds is 3. The Labute approximate surface area is 263 Å². The second-order valence-corrected chi connectivity index (χ2v) is 11.8. The highest BCUT2D eigenvalue weighted by Gasteiger charge is 2.21. The van der Waals surface area contributed by atoms with Crippen molar-refractivity contribution in [2.24, 2.45) is 0 Å². The summed E-state index contributed by atoms with van der Waals surface area (Å²) in [5.41, 5.74) is 8.78. The van der Waals surface area contributed by atoms with E-state index >= 15 is 0 Å². The molecule has 0 spiro atoms. The molecule has 0 radical (unpaired) electrons. The van der Waals surface area contributed by atoms with Gasteiger partial charge in [0.2, 0.25) is 0 Å². The van der Waals surface area contributed by atoms with Gasteiger partial charge >= 0.3 is 0 Å². The van der Waals surface area contributed by atoms with E-state index in [9.17, 15) is 0 Å². The fourth-order valence-corrected chi connectivity index (χ4v) is 7.07. The van der Waals surface area contributed by atoms with Crippen molar-refractivity contribution >= 4 is 65.4 Å². The minimum Gasteiger partial charge on any atom is -0.456 e. The molecule has 0 fully saturated rings. The third kappa shape index (κ3) is 3.67. The van der Waals surface area contributed by atoms with Crippen LogP contribution in [0.15, 0.2) is 156 Å². The van der Waals surface area contributed by atoms with Gasteiger partial charge in [-0.05, 0) is 53.2 Å². The molecule has 0 aliphatic rings. The molecule has 0 aliphatic heterocycles. The van der Waals surface area contributed by atoms with Gasteiger partial charge in [0.15, 0.2) is 5.82 Å². The average Bonchev–Trinajstić information content (AvgIpc) is 3.65. The van der Waals surface area contributed by atoms with E-state index in [1.165, 1.54) is 21.5 Å². The van der Waals surface area contributed by atoms with Crippen molar-refractivity contribution in [3.63, 3.8) is 0 Å². The molecule has 0 saturated heterocycles. The molecule has 10 rings (SSSR count). The van der Waals surface area contributed by atoms with Crippen molar-refractivity contribution in [3.05, 3.63) is 152 Å². The smallest absolute Gasteiger partial charge is 0.160 e. The summed E-state index contributed by atoms with van der Waals surface area (Å²) in [5, 5.41) is 8.04. The normalized spacial score (nSPS) is 11.9. The van der Waals surface area contributed by atoms with Crippen molar-refractivity contribution in [1.29, 1.82) is 0 Å². The highest BCUT2D eigenvalue weighted by molar-refractivity contribution is 6.17. The standard InChI is InChI=1S/C42H25N3O/c1-2-12-26(13-3-1)42-43-34-19-9-6-17-31(34)41(44-42)29-24-37(40-32-18-8-11-21-38(32)46-39(40)25-29)45-35-20-10-7-16-30(35)33-22-27-14-4-5-15-28(27)23-36(33)45/h1-25H. The van der Waals surface area contributed by atoms with Crippen LogP contribution < -0.4 is 0 Å². The maximum Gasteiger partial charge on any atom is 0.160 e. The topological polar surface area (TPSA) is 43.9 Å². The Morgan fingerprint density at radius 2 is 1.15 bits per heavy atom. The van der Waals surface area contributed by atoms with Gasteiger partial charge in [0.05, 0.1) is 33.3 Å². The molecule has 0 saturated carbocycles. The zero-order valence-electron chi connectivity index (χ0n) is 24.7. The number of nitrogens with zero attached hydrogens (tertiary/aromatic N) is 3. The molecule has 214 valence electrons. The molecular weight excluding hydrogens is 562 g/mol. The fourth-order valence-electron chi connectivity index (χ4n) is 7.07. The van der Waals surface area contributed by atoms with Crippen molar-refractivity contribution in [3.8, 4) is 28.3 Å². The molecular formula is C42H25N3O. The van der Waals surface area contributed by atoms with E-state index in [1.807, 2.05) is 36.4 Å². The molecule has 3 aromatic heterocycles. The molecule has 0 aliphatic carbocycles. The lowest BCUT2D eigenvalue weighted by Crippen LogP contribution is -1.98. The molecule has 0 unspecified atom stereocenters. The summed E-state index contributed by atoms with van der Waals surface area (Å²) in [4.78, 5) is 10.2. The van der Waals surface area contributed by atoms with Crippen LogP contribution in [0.25, 0.3) is 93.8 Å². The minimum atomic E-state index is 0.698. The Morgan fingerprint density at radius 1 is 0.457 bits per heavy atom. The summed E-state index contributed by atoms with van der Waals surface area (Å²) in [7, 11) is 0. The van der Waals surface area contributed by atoms with Crippen LogP contribution in [0.2, 0.25) is 0 Å². The SMILES string of the molecule is c1ccc(-c2nc(-c3cc(-n4c5ccccc5c5cc6ccccc6cc54)c4c(c3)oc3ccccc34)c3ccccc3n2)cc1. The highest BCUT2D eigenvalue weighted by atomic mass is 16.3. The summed E-state index contributed by atoms with van der Waals surface area (Å²) in [6, 6.07) is 53.1. The van der Waals surface area contributed by atoms with E-state index in [0.717, 1.165) is 66.4 Å². The van der Waals surface area contributed by atoms with Gasteiger partial charge in [0.25, 0.3) is 0 Å². The number of hydrogen-bond acceptors (Lipinski definition) is 3. The third-order valence-electron chi connectivity index (χ3n) is 9.15. The Morgan fingerprint density at radius 3 is 2.02 bits per heavy atom. The van der Waals surface area contributed by atoms with E-state index in [-0.39, 0.29) is 0 Å². The van der Waals surface area contributed by atoms with E-state index in [2.05, 4.69) is 120 Å². The van der Waals surface area contributed by atoms with Gasteiger partial charge in [-0.2, -0.15) is 0 Å². The Kier molecular flexibility index (Phi) is 5.25. The number of hydrogen-bond donors (Lipinski definition) is 0. The van der Waals surface area contributed by atoms with Crippen LogP contribution in [-0.2, 0) is 0 Å². The quantitative estimate of drug-likeness (QED) is 0.207. The van der Waals surface area contributed by atoms with Crippen LogP contribution in [0.5, 0.6) is 0 Å². The summed E-state index contributed by atoms with van der Waals surface area (Å²) in [5.74, 6) is 0.698. The number of furan rings is 1. The molecule has 0 amide bonds. The van der Waals surface area contributed by atoms with Crippen molar-refractivity contribution in [2.45, 2.75) is 0 Å². The molecule has 46 heavy (non-hydrogen) atoms. The van der Waals surface area contributed by atoms with Crippen LogP contribution in [0.4, 0.5) is 0 Å². The monoisotopic (exact) mass is 587 g/mol. The Hall–Kier alpha value is -6.26. The van der Waals surface area contributed by atoms with E-state index in [1.54, 1.807) is 0 Å². The molecule has 7 aromatic carbocycles. The molecule has 0 bridgehead atoms. The van der Waals surface area contributed by atoms with Gasteiger partial charge in [0, 0.05) is 32.7 Å². The summed E-state index contributed by atoms with van der Waals surface area (Å²) in [6.07, 6.45) is 0. The van der Waals surface area contributed by atoms with Crippen LogP contribution in [0.1, 0.15) is 0 Å². The number of para-hydroxylation sites is 3. The zero-order valence-corrected chi connectivity index (χ0v) is 24.7. The summed E-state index contributed by atoms with van der Waals surface area (Å²) >= 11 is 0.